The second-order valence-electron chi connectivity index (χ2n) is 9.95. The van der Waals surface area contributed by atoms with Gasteiger partial charge in [0.1, 0.15) is 23.5 Å². The predicted octanol–water partition coefficient (Wildman–Crippen LogP) is 0.518. The lowest BCUT2D eigenvalue weighted by atomic mass is 10.1. The molecule has 3 N–H and O–H groups in total. The monoisotopic (exact) mass is 616 g/mol. The van der Waals surface area contributed by atoms with Gasteiger partial charge in [0.05, 0.1) is 32.0 Å². The van der Waals surface area contributed by atoms with Crippen molar-refractivity contribution >= 4 is 41.2 Å². The predicted molar refractivity (Wildman–Crippen MR) is 149 cm³/mol. The molecule has 17 heteroatoms. The summed E-state index contributed by atoms with van der Waals surface area (Å²) in [6, 6.07) is 2.45. The van der Waals surface area contributed by atoms with Gasteiger partial charge in [0.15, 0.2) is 11.6 Å². The van der Waals surface area contributed by atoms with Crippen LogP contribution in [0.25, 0.3) is 5.78 Å². The second-order valence-corrected chi connectivity index (χ2v) is 9.95. The van der Waals surface area contributed by atoms with Crippen molar-refractivity contribution in [2.75, 3.05) is 62.3 Å². The van der Waals surface area contributed by atoms with Gasteiger partial charge in [0.2, 0.25) is 11.7 Å². The number of benzene rings is 1. The lowest BCUT2D eigenvalue weighted by molar-refractivity contribution is -0.134. The Morgan fingerprint density at radius 3 is 2.57 bits per heavy atom. The first-order chi connectivity index (χ1) is 21.2. The van der Waals surface area contributed by atoms with Crippen LogP contribution in [0.1, 0.15) is 17.4 Å². The van der Waals surface area contributed by atoms with Crippen LogP contribution in [0.3, 0.4) is 0 Å². The number of ether oxygens (including phenoxy) is 2. The number of hydrogen-bond donors (Lipinski definition) is 3. The molecule has 0 saturated carbocycles. The van der Waals surface area contributed by atoms with Crippen LogP contribution in [-0.4, -0.2) is 113 Å². The van der Waals surface area contributed by atoms with Crippen molar-refractivity contribution in [3.8, 4) is 0 Å². The molecule has 0 spiro atoms. The van der Waals surface area contributed by atoms with Gasteiger partial charge in [0.25, 0.3) is 5.91 Å². The molecule has 2 fully saturated rings. The number of piperazine rings is 1. The van der Waals surface area contributed by atoms with Gasteiger partial charge in [-0.1, -0.05) is 0 Å². The summed E-state index contributed by atoms with van der Waals surface area (Å²) in [5.41, 5.74) is -0.356. The van der Waals surface area contributed by atoms with E-state index in [2.05, 4.69) is 20.6 Å². The highest BCUT2D eigenvalue weighted by atomic mass is 19.1. The van der Waals surface area contributed by atoms with Gasteiger partial charge in [-0.05, 0) is 13.0 Å². The molecule has 15 nitrogen and oxygen atoms in total. The summed E-state index contributed by atoms with van der Waals surface area (Å²) < 4.78 is 41.9. The molecule has 0 aliphatic carbocycles. The Morgan fingerprint density at radius 1 is 1.18 bits per heavy atom. The Morgan fingerprint density at radius 2 is 1.91 bits per heavy atom. The molecule has 2 atom stereocenters. The van der Waals surface area contributed by atoms with Crippen LogP contribution in [0.4, 0.5) is 29.7 Å². The Hall–Kier alpha value is -5.06. The molecule has 0 bridgehead atoms. The third-order valence-corrected chi connectivity index (χ3v) is 7.10. The van der Waals surface area contributed by atoms with E-state index in [1.54, 1.807) is 19.2 Å². The molecule has 2 unspecified atom stereocenters. The number of carbonyl (C=O) groups is 4. The molecule has 5 rings (SSSR count). The molecular weight excluding hydrogens is 586 g/mol. The zero-order chi connectivity index (χ0) is 31.4. The van der Waals surface area contributed by atoms with E-state index in [1.165, 1.54) is 26.6 Å². The van der Waals surface area contributed by atoms with E-state index in [-0.39, 0.29) is 62.9 Å². The average Bonchev–Trinajstić information content (AvgIpc) is 3.62. The normalized spacial score (nSPS) is 17.4. The quantitative estimate of drug-likeness (QED) is 0.308. The number of rotatable bonds is 9. The van der Waals surface area contributed by atoms with E-state index in [9.17, 15) is 24.3 Å². The largest absolute Gasteiger partial charge is 0.450 e. The van der Waals surface area contributed by atoms with Crippen molar-refractivity contribution in [3.63, 3.8) is 0 Å². The van der Waals surface area contributed by atoms with Gasteiger partial charge in [0, 0.05) is 56.9 Å². The first kappa shape index (κ1) is 30.4. The highest BCUT2D eigenvalue weighted by molar-refractivity contribution is 5.96. The molecule has 0 radical (unpaired) electrons. The van der Waals surface area contributed by atoms with Gasteiger partial charge in [-0.2, -0.15) is 0 Å². The first-order valence-electron chi connectivity index (χ1n) is 13.8. The summed E-state index contributed by atoms with van der Waals surface area (Å²) in [4.78, 5) is 61.6. The van der Waals surface area contributed by atoms with Crippen LogP contribution < -0.4 is 20.4 Å². The maximum atomic E-state index is 15.2. The lowest BCUT2D eigenvalue weighted by Crippen LogP contribution is -2.56. The number of anilines is 2. The van der Waals surface area contributed by atoms with Crippen molar-refractivity contribution in [2.24, 2.45) is 0 Å². The number of hydrogen-bond acceptors (Lipinski definition) is 10. The molecule has 4 amide bonds. The molecule has 4 heterocycles. The molecule has 2 aliphatic heterocycles. The third-order valence-electron chi connectivity index (χ3n) is 7.10. The number of nitrogens with zero attached hydrogens (tertiary/aromatic N) is 6. The molecule has 2 saturated heterocycles. The van der Waals surface area contributed by atoms with E-state index >= 15 is 8.78 Å². The number of aromatic nitrogens is 3. The SMILES string of the molecule is CCOC(=O)NCC1CN(c2cc(F)c(N3CCN(C(=O)C(CO)NC(=O)c4cn5cccnc5n4)CC3)c(F)c2)C(=O)O1. The number of aliphatic hydroxyl groups is 1. The molecule has 234 valence electrons. The number of amides is 4. The van der Waals surface area contributed by atoms with Gasteiger partial charge in [-0.15, -0.1) is 0 Å². The molecule has 2 aliphatic rings. The minimum absolute atomic E-state index is 0.0141. The summed E-state index contributed by atoms with van der Waals surface area (Å²) in [5.74, 6) is -2.76. The fraction of sp³-hybridized carbons (Fsp3) is 0.407. The zero-order valence-electron chi connectivity index (χ0n) is 23.6. The summed E-state index contributed by atoms with van der Waals surface area (Å²) in [5, 5.41) is 14.7. The van der Waals surface area contributed by atoms with Gasteiger partial charge < -0.3 is 35.0 Å². The Kier molecular flexibility index (Phi) is 9.03. The van der Waals surface area contributed by atoms with Crippen LogP contribution >= 0.6 is 0 Å². The molecular formula is C27H30F2N8O7. The highest BCUT2D eigenvalue weighted by Gasteiger charge is 2.35. The standard InChI is InChI=1S/C27H30F2N8O7/c1-2-43-26(41)31-12-17-13-37(27(42)44-17)16-10-18(28)22(19(29)11-16)34-6-8-35(9-7-34)24(40)21(15-38)32-23(39)20-14-36-5-3-4-30-25(36)33-20/h3-5,10-11,14,17,21,38H,2,6-9,12-13,15H2,1H3,(H,31,41)(H,32,39). The minimum atomic E-state index is -1.25. The third kappa shape index (κ3) is 6.46. The fourth-order valence-electron chi connectivity index (χ4n) is 4.96. The first-order valence-corrected chi connectivity index (χ1v) is 13.8. The smallest absolute Gasteiger partial charge is 0.414 e. The number of nitrogens with one attached hydrogen (secondary N) is 2. The zero-order valence-corrected chi connectivity index (χ0v) is 23.6. The Balaban J connectivity index is 1.17. The average molecular weight is 617 g/mol. The van der Waals surface area contributed by atoms with Crippen LogP contribution in [-0.2, 0) is 14.3 Å². The van der Waals surface area contributed by atoms with Crippen molar-refractivity contribution in [2.45, 2.75) is 19.1 Å². The number of fused-ring (bicyclic) bond motifs is 1. The van der Waals surface area contributed by atoms with Crippen molar-refractivity contribution in [1.29, 1.82) is 0 Å². The number of alkyl carbamates (subject to hydrolysis) is 1. The van der Waals surface area contributed by atoms with E-state index in [4.69, 9.17) is 9.47 Å². The summed E-state index contributed by atoms with van der Waals surface area (Å²) in [6.45, 7) is 1.33. The van der Waals surface area contributed by atoms with Gasteiger partial charge in [-0.25, -0.2) is 28.3 Å². The Bertz CT molecular complexity index is 1510. The molecule has 44 heavy (non-hydrogen) atoms. The number of imidazole rings is 1. The van der Waals surface area contributed by atoms with E-state index in [0.717, 1.165) is 17.0 Å². The molecule has 2 aromatic heterocycles. The molecule has 3 aromatic rings. The van der Waals surface area contributed by atoms with Crippen LogP contribution in [0.15, 0.2) is 36.8 Å². The summed E-state index contributed by atoms with van der Waals surface area (Å²) in [6.07, 6.45) is 2.38. The maximum Gasteiger partial charge on any atom is 0.414 e. The van der Waals surface area contributed by atoms with Gasteiger partial charge >= 0.3 is 12.2 Å². The maximum absolute atomic E-state index is 15.2. The fourth-order valence-corrected chi connectivity index (χ4v) is 4.96. The highest BCUT2D eigenvalue weighted by Crippen LogP contribution is 2.31. The lowest BCUT2D eigenvalue weighted by Gasteiger charge is -2.37. The van der Waals surface area contributed by atoms with Crippen LogP contribution in [0, 0.1) is 11.6 Å². The van der Waals surface area contributed by atoms with E-state index < -0.39 is 54.4 Å². The number of aliphatic hydroxyl groups excluding tert-OH is 1. The van der Waals surface area contributed by atoms with Crippen LogP contribution in [0.2, 0.25) is 0 Å². The summed E-state index contributed by atoms with van der Waals surface area (Å²) in [7, 11) is 0. The van der Waals surface area contributed by atoms with E-state index in [1.807, 2.05) is 0 Å². The number of carbonyl (C=O) groups excluding carboxylic acids is 4. The van der Waals surface area contributed by atoms with Crippen LogP contribution in [0.5, 0.6) is 0 Å². The van der Waals surface area contributed by atoms with Gasteiger partial charge in [-0.3, -0.25) is 18.9 Å². The van der Waals surface area contributed by atoms with Crippen molar-refractivity contribution in [1.82, 2.24) is 29.9 Å². The molecule has 1 aromatic carbocycles. The second kappa shape index (κ2) is 13.1. The van der Waals surface area contributed by atoms with Crippen molar-refractivity contribution in [3.05, 3.63) is 54.1 Å². The summed E-state index contributed by atoms with van der Waals surface area (Å²) >= 11 is 0. The van der Waals surface area contributed by atoms with Crippen molar-refractivity contribution < 1.29 is 42.5 Å². The number of halogens is 2. The van der Waals surface area contributed by atoms with E-state index in [0.29, 0.717) is 5.78 Å². The Labute approximate surface area is 249 Å². The number of cyclic esters (lactones) is 1. The minimum Gasteiger partial charge on any atom is -0.450 e. The topological polar surface area (TPSA) is 171 Å².